The summed E-state index contributed by atoms with van der Waals surface area (Å²) in [5, 5.41) is 0. The van der Waals surface area contributed by atoms with Gasteiger partial charge in [-0.25, -0.2) is 0 Å². The van der Waals surface area contributed by atoms with E-state index in [1.54, 1.807) is 0 Å². The molecule has 11 heavy (non-hydrogen) atoms. The van der Waals surface area contributed by atoms with E-state index in [4.69, 9.17) is 0 Å². The summed E-state index contributed by atoms with van der Waals surface area (Å²) in [6.07, 6.45) is 6.82. The molecule has 0 nitrogen and oxygen atoms in total. The monoisotopic (exact) mass is 147 g/mol. The van der Waals surface area contributed by atoms with E-state index >= 15 is 0 Å². The Labute approximate surface area is 69.0 Å². The standard InChI is InChI=1S/C11H15/c1-8-7-11(4)6-5-9(8)10(11,2)3/h5,9H,1,7H2,2-4H3. The topological polar surface area (TPSA) is 0 Å². The maximum Gasteiger partial charge on any atom is 0.00403 e. The Hall–Kier alpha value is -0.520. The van der Waals surface area contributed by atoms with Crippen LogP contribution < -0.4 is 0 Å². The highest BCUT2D eigenvalue weighted by molar-refractivity contribution is 5.32. The van der Waals surface area contributed by atoms with Crippen LogP contribution in [0.3, 0.4) is 0 Å². The van der Waals surface area contributed by atoms with E-state index in [2.05, 4.69) is 39.5 Å². The zero-order valence-corrected chi connectivity index (χ0v) is 7.57. The Morgan fingerprint density at radius 1 is 1.55 bits per heavy atom. The van der Waals surface area contributed by atoms with Crippen LogP contribution in [0.25, 0.3) is 0 Å². The molecule has 0 aromatic heterocycles. The van der Waals surface area contributed by atoms with Crippen LogP contribution in [0.4, 0.5) is 0 Å². The largest absolute Gasteiger partial charge is 0.0992 e. The van der Waals surface area contributed by atoms with Crippen molar-refractivity contribution < 1.29 is 0 Å². The summed E-state index contributed by atoms with van der Waals surface area (Å²) in [7, 11) is 0. The van der Waals surface area contributed by atoms with Crippen LogP contribution in [0.2, 0.25) is 0 Å². The molecule has 2 aliphatic rings. The smallest absolute Gasteiger partial charge is 0.00403 e. The highest BCUT2D eigenvalue weighted by Crippen LogP contribution is 2.62. The molecule has 0 N–H and O–H groups in total. The Kier molecular flexibility index (Phi) is 1.06. The molecular weight excluding hydrogens is 132 g/mol. The van der Waals surface area contributed by atoms with Crippen LogP contribution in [-0.2, 0) is 0 Å². The lowest BCUT2D eigenvalue weighted by molar-refractivity contribution is 0.177. The number of hydrogen-bond donors (Lipinski definition) is 0. The minimum atomic E-state index is 0.273. The molecule has 59 valence electrons. The first-order valence-corrected chi connectivity index (χ1v) is 4.26. The summed E-state index contributed by atoms with van der Waals surface area (Å²) in [5.41, 5.74) is 2.04. The highest BCUT2D eigenvalue weighted by Gasteiger charge is 2.54. The zero-order chi connectivity index (χ0) is 8.28. The second kappa shape index (κ2) is 1.63. The molecule has 2 unspecified atom stereocenters. The van der Waals surface area contributed by atoms with E-state index in [0.717, 1.165) is 6.42 Å². The summed E-state index contributed by atoms with van der Waals surface area (Å²) in [6, 6.07) is 0. The number of fused-ring (bicyclic) bond motifs is 2. The zero-order valence-electron chi connectivity index (χ0n) is 7.57. The van der Waals surface area contributed by atoms with Gasteiger partial charge in [-0.1, -0.05) is 39.0 Å². The van der Waals surface area contributed by atoms with E-state index in [9.17, 15) is 0 Å². The molecule has 0 spiro atoms. The maximum atomic E-state index is 4.11. The van der Waals surface area contributed by atoms with Crippen molar-refractivity contribution in [2.45, 2.75) is 27.2 Å². The van der Waals surface area contributed by atoms with Crippen molar-refractivity contribution in [3.63, 3.8) is 0 Å². The lowest BCUT2D eigenvalue weighted by Gasteiger charge is -2.32. The summed E-state index contributed by atoms with van der Waals surface area (Å²) >= 11 is 0. The quantitative estimate of drug-likeness (QED) is 0.462. The van der Waals surface area contributed by atoms with E-state index in [0.29, 0.717) is 11.3 Å². The van der Waals surface area contributed by atoms with Gasteiger partial charge in [0.25, 0.3) is 0 Å². The maximum absolute atomic E-state index is 4.11. The average Bonchev–Trinajstić information content (AvgIpc) is 2.13. The van der Waals surface area contributed by atoms with Crippen molar-refractivity contribution in [1.82, 2.24) is 0 Å². The predicted octanol–water partition coefficient (Wildman–Crippen LogP) is 2.97. The molecule has 0 aromatic carbocycles. The number of rotatable bonds is 0. The fourth-order valence-electron chi connectivity index (χ4n) is 2.48. The van der Waals surface area contributed by atoms with Crippen molar-refractivity contribution in [3.8, 4) is 0 Å². The molecule has 0 saturated heterocycles. The van der Waals surface area contributed by atoms with Gasteiger partial charge in [-0.3, -0.25) is 0 Å². The van der Waals surface area contributed by atoms with Crippen LogP contribution in [0.1, 0.15) is 27.2 Å². The molecule has 0 heterocycles. The number of hydrogen-bond acceptors (Lipinski definition) is 0. The second-order valence-electron chi connectivity index (χ2n) is 4.68. The molecule has 0 heteroatoms. The molecule has 1 radical (unpaired) electrons. The average molecular weight is 147 g/mol. The van der Waals surface area contributed by atoms with Gasteiger partial charge < -0.3 is 0 Å². The second-order valence-corrected chi connectivity index (χ2v) is 4.68. The van der Waals surface area contributed by atoms with Gasteiger partial charge in [0.2, 0.25) is 0 Å². The van der Waals surface area contributed by atoms with Crippen LogP contribution in [-0.4, -0.2) is 0 Å². The van der Waals surface area contributed by atoms with Gasteiger partial charge in [-0.15, -0.1) is 0 Å². The van der Waals surface area contributed by atoms with Crippen molar-refractivity contribution in [2.24, 2.45) is 16.7 Å². The Morgan fingerprint density at radius 2 is 2.18 bits per heavy atom. The SMILES string of the molecule is C=C1CC2(C)[C]=CC1C2(C)C. The summed E-state index contributed by atoms with van der Waals surface area (Å²) in [4.78, 5) is 0. The first-order chi connectivity index (χ1) is 4.97. The van der Waals surface area contributed by atoms with Crippen molar-refractivity contribution >= 4 is 0 Å². The fraction of sp³-hybridized carbons (Fsp3) is 0.636. The molecular formula is C11H15. The first kappa shape index (κ1) is 7.15. The predicted molar refractivity (Wildman–Crippen MR) is 46.9 cm³/mol. The van der Waals surface area contributed by atoms with E-state index < -0.39 is 0 Å². The third-order valence-corrected chi connectivity index (χ3v) is 3.79. The molecule has 0 amide bonds. The third-order valence-electron chi connectivity index (χ3n) is 3.79. The Morgan fingerprint density at radius 3 is 2.36 bits per heavy atom. The van der Waals surface area contributed by atoms with Gasteiger partial charge in [0, 0.05) is 11.3 Å². The molecule has 2 rings (SSSR count). The van der Waals surface area contributed by atoms with Gasteiger partial charge in [0.1, 0.15) is 0 Å². The molecule has 2 atom stereocenters. The van der Waals surface area contributed by atoms with Gasteiger partial charge in [0.05, 0.1) is 0 Å². The summed E-state index contributed by atoms with van der Waals surface area (Å²) in [5.74, 6) is 0.590. The Bertz CT molecular complexity index is 245. The molecule has 0 aliphatic heterocycles. The minimum Gasteiger partial charge on any atom is -0.0992 e. The lowest BCUT2D eigenvalue weighted by Crippen LogP contribution is -2.27. The van der Waals surface area contributed by atoms with Crippen molar-refractivity contribution in [3.05, 3.63) is 24.3 Å². The summed E-state index contributed by atoms with van der Waals surface area (Å²) in [6.45, 7) is 11.1. The first-order valence-electron chi connectivity index (χ1n) is 4.26. The third kappa shape index (κ3) is 0.610. The van der Waals surface area contributed by atoms with Gasteiger partial charge in [0.15, 0.2) is 0 Å². The van der Waals surface area contributed by atoms with Crippen LogP contribution in [0.5, 0.6) is 0 Å². The van der Waals surface area contributed by atoms with E-state index in [-0.39, 0.29) is 5.41 Å². The van der Waals surface area contributed by atoms with E-state index in [1.807, 2.05) is 0 Å². The van der Waals surface area contributed by atoms with Crippen molar-refractivity contribution in [2.75, 3.05) is 0 Å². The minimum absolute atomic E-state index is 0.273. The van der Waals surface area contributed by atoms with Crippen molar-refractivity contribution in [1.29, 1.82) is 0 Å². The van der Waals surface area contributed by atoms with E-state index in [1.165, 1.54) is 5.57 Å². The molecule has 0 aromatic rings. The highest BCUT2D eigenvalue weighted by atomic mass is 14.6. The molecule has 2 aliphatic carbocycles. The molecule has 1 fully saturated rings. The molecule has 2 bridgehead atoms. The Balaban J connectivity index is 2.53. The molecule has 1 saturated carbocycles. The van der Waals surface area contributed by atoms with Crippen LogP contribution in [0, 0.1) is 22.8 Å². The van der Waals surface area contributed by atoms with Crippen LogP contribution >= 0.6 is 0 Å². The fourth-order valence-corrected chi connectivity index (χ4v) is 2.48. The lowest BCUT2D eigenvalue weighted by atomic mass is 9.71. The van der Waals surface area contributed by atoms with Gasteiger partial charge in [-0.2, -0.15) is 0 Å². The van der Waals surface area contributed by atoms with Crippen LogP contribution in [0.15, 0.2) is 18.2 Å². The van der Waals surface area contributed by atoms with Gasteiger partial charge >= 0.3 is 0 Å². The number of allylic oxidation sites excluding steroid dienone is 3. The normalized spacial score (nSPS) is 45.4. The summed E-state index contributed by atoms with van der Waals surface area (Å²) < 4.78 is 0. The van der Waals surface area contributed by atoms with Gasteiger partial charge in [-0.05, 0) is 17.9 Å².